The number of benzene rings is 8. The Labute approximate surface area is 728 Å². The van der Waals surface area contributed by atoms with E-state index in [-0.39, 0.29) is 70.9 Å². The molecule has 0 radical (unpaired) electrons. The van der Waals surface area contributed by atoms with Crippen molar-refractivity contribution in [3.8, 4) is 51.7 Å². The zero-order valence-corrected chi connectivity index (χ0v) is 72.3. The van der Waals surface area contributed by atoms with Crippen LogP contribution in [0.2, 0.25) is 0 Å². The lowest BCUT2D eigenvalue weighted by Crippen LogP contribution is -2.19. The quantitative estimate of drug-likeness (QED) is 0.0154. The third kappa shape index (κ3) is 27.2. The van der Waals surface area contributed by atoms with Crippen LogP contribution < -0.4 is 86.9 Å². The summed E-state index contributed by atoms with van der Waals surface area (Å²) in [6, 6.07) is 48.5. The highest BCUT2D eigenvalue weighted by Gasteiger charge is 2.25. The summed E-state index contributed by atoms with van der Waals surface area (Å²) >= 11 is 16.6. The molecule has 0 spiro atoms. The number of carbonyl (C=O) groups excluding carboxylic acids is 5. The van der Waals surface area contributed by atoms with Crippen LogP contribution in [0.15, 0.2) is 194 Å². The number of ether oxygens (including phenoxy) is 10. The molecule has 0 unspecified atom stereocenters. The molecule has 0 amide bonds. The molecule has 0 saturated carbocycles. The fourth-order valence-corrected chi connectivity index (χ4v) is 15.6. The average molecular weight is 1780 g/mol. The van der Waals surface area contributed by atoms with Gasteiger partial charge >= 0.3 is 29.8 Å². The molecule has 2 fully saturated rings. The van der Waals surface area contributed by atoms with E-state index in [1.54, 1.807) is 161 Å². The highest BCUT2D eigenvalue weighted by molar-refractivity contribution is 8.27. The third-order valence-corrected chi connectivity index (χ3v) is 22.0. The summed E-state index contributed by atoms with van der Waals surface area (Å²) in [4.78, 5) is 124. The molecule has 628 valence electrons. The second-order valence-electron chi connectivity index (χ2n) is 25.5. The van der Waals surface area contributed by atoms with Crippen LogP contribution in [0, 0.1) is 0 Å². The summed E-state index contributed by atoms with van der Waals surface area (Å²) in [5.41, 5.74) is 6.70. The molecule has 13 rings (SSSR count). The molecule has 25 nitrogen and oxygen atoms in total. The minimum Gasteiger partial charge on any atom is -0.493 e. The van der Waals surface area contributed by atoms with Crippen LogP contribution >= 0.6 is 82.0 Å². The van der Waals surface area contributed by atoms with Crippen LogP contribution in [-0.2, 0) is 43.7 Å². The zero-order valence-electron chi connectivity index (χ0n) is 66.5. The van der Waals surface area contributed by atoms with E-state index in [1.807, 2.05) is 55.5 Å². The molecule has 11 aromatic rings. The topological polar surface area (TPSA) is 351 Å². The number of thiocarbonyl (C=S) groups is 2. The maximum Gasteiger partial charge on any atom is 0.337 e. The smallest absolute Gasteiger partial charge is 0.337 e. The van der Waals surface area contributed by atoms with Gasteiger partial charge in [0.1, 0.15) is 25.6 Å². The number of methoxy groups -OCH3 is 4. The number of thioether (sulfide) groups is 2. The zero-order chi connectivity index (χ0) is 88.1. The number of allylic oxidation sites excluding steroid dienone is 2. The number of aromatic amines is 3. The Morgan fingerprint density at radius 1 is 0.434 bits per heavy atom. The van der Waals surface area contributed by atoms with Gasteiger partial charge in [0.15, 0.2) is 57.6 Å². The van der Waals surface area contributed by atoms with Crippen molar-refractivity contribution in [1.29, 1.82) is 0 Å². The van der Waals surface area contributed by atoms with Crippen LogP contribution in [0.4, 0.5) is 0 Å². The van der Waals surface area contributed by atoms with Gasteiger partial charge in [-0.15, -0.1) is 34.0 Å². The number of nitrogens with one attached hydrogen (secondary N) is 3. The number of aromatic nitrogens is 3. The fraction of sp³-hybridized carbons (Fsp3) is 0.156. The van der Waals surface area contributed by atoms with Crippen molar-refractivity contribution in [1.82, 2.24) is 15.0 Å². The van der Waals surface area contributed by atoms with Gasteiger partial charge in [-0.2, -0.15) is 0 Å². The van der Waals surface area contributed by atoms with Crippen LogP contribution in [0.3, 0.4) is 0 Å². The monoisotopic (exact) mass is 1780 g/mol. The van der Waals surface area contributed by atoms with Gasteiger partial charge in [0.25, 0.3) is 16.7 Å². The molecule has 32 heteroatoms. The average Bonchev–Trinajstić information content (AvgIpc) is 1.81. The summed E-state index contributed by atoms with van der Waals surface area (Å²) in [5.74, 6) is 1.42. The molecular formula is C90H79N3O22S7. The molecule has 0 atom stereocenters. The molecule has 122 heavy (non-hydrogen) atoms. The number of carboxylic acids is 2. The lowest BCUT2D eigenvalue weighted by atomic mass is 10.1. The lowest BCUT2D eigenvalue weighted by molar-refractivity contribution is -0.134. The number of esters is 3. The summed E-state index contributed by atoms with van der Waals surface area (Å²) in [6.45, 7) is 17.3. The Kier molecular flexibility index (Phi) is 34.5. The van der Waals surface area contributed by atoms with Crippen molar-refractivity contribution in [3.63, 3.8) is 0 Å². The Morgan fingerprint density at radius 2 is 0.836 bits per heavy atom. The number of rotatable bonds is 25. The van der Waals surface area contributed by atoms with E-state index in [9.17, 15) is 47.9 Å². The minimum atomic E-state index is -0.977. The number of H-pyrrole nitrogens is 3. The second-order valence-corrected chi connectivity index (χ2v) is 32.6. The number of carbonyl (C=O) groups is 7. The second kappa shape index (κ2) is 45.4. The van der Waals surface area contributed by atoms with E-state index in [0.717, 1.165) is 38.9 Å². The first kappa shape index (κ1) is 92.8. The van der Waals surface area contributed by atoms with E-state index in [4.69, 9.17) is 82.0 Å². The first-order valence-electron chi connectivity index (χ1n) is 36.6. The number of aromatic carboxylic acids is 2. The molecule has 0 aliphatic carbocycles. The molecule has 3 aromatic heterocycles. The van der Waals surface area contributed by atoms with Crippen molar-refractivity contribution >= 4 is 182 Å². The van der Waals surface area contributed by atoms with E-state index in [2.05, 4.69) is 34.7 Å². The molecule has 5 heterocycles. The van der Waals surface area contributed by atoms with Crippen molar-refractivity contribution in [2.45, 2.75) is 59.9 Å². The number of para-hydroxylation sites is 3. The standard InChI is InChI=1S/C21H19NO5S.C20H17NO5S.C19H14O4S2.C15H15NO4S.C15H14O4S2/c1-13-22-20(23)18(28-13)11-16-5-4-6-17(25-2)19(16)27-12-14-7-9-15(10-8-14)21(24)26-3;1-12-21-19(22)17(27-12)10-15-4-3-5-16(25-2)18(15)26-11-13-6-8-14(9-7-13)20(23)24;20-15-10-18(24)25-17(15)9-14-3-1-2-4-16(14)23-11-12-5-7-13(8-6-12)19(21)22;1-4-19-13-7-11(5-6-12(13)20-10(3)17)8-14-15(18)16-9(2)21-14;1-3-14(17)19-11-5-4-9(6-12(11)18-2)7-13-10(16)8-15(20)21-13/h4-11H,1,12H2,2-3H3,(H,22,23);3-10H,1,11H2,2H3,(H,21,22)(H,23,24);1-9H,10-11H2,(H,21,22);5-8H,2,4H2,1,3H3,(H,16,18);4-7H,3,8H2,1-2H3/b18-11-;17-10-;17-9+;14-8-;13-7+. The number of ketones is 2. The largest absolute Gasteiger partial charge is 0.493 e. The molecule has 8 aromatic carbocycles. The van der Waals surface area contributed by atoms with Crippen LogP contribution in [0.25, 0.3) is 50.1 Å². The number of hydrogen-bond acceptors (Lipinski definition) is 27. The van der Waals surface area contributed by atoms with Crippen LogP contribution in [0.1, 0.15) is 116 Å². The number of thiazole rings is 3. The van der Waals surface area contributed by atoms with Gasteiger partial charge in [0, 0.05) is 30.0 Å². The Balaban J connectivity index is 0.000000174. The molecular weight excluding hydrogens is 1700 g/mol. The minimum absolute atomic E-state index is 0.0328. The van der Waals surface area contributed by atoms with E-state index >= 15 is 0 Å². The molecule has 2 aliphatic heterocycles. The molecule has 2 saturated heterocycles. The van der Waals surface area contributed by atoms with E-state index in [1.165, 1.54) is 90.8 Å². The van der Waals surface area contributed by atoms with Crippen molar-refractivity contribution in [2.24, 2.45) is 0 Å². The molecule has 0 bridgehead atoms. The predicted octanol–water partition coefficient (Wildman–Crippen LogP) is 12.7. The normalized spacial score (nSPS) is 13.1. The fourth-order valence-electron chi connectivity index (χ4n) is 10.9. The van der Waals surface area contributed by atoms with Gasteiger partial charge in [-0.3, -0.25) is 33.6 Å². The maximum absolute atomic E-state index is 12.0. The lowest BCUT2D eigenvalue weighted by Gasteiger charge is -2.13. The van der Waals surface area contributed by atoms with E-state index < -0.39 is 17.9 Å². The molecule has 5 N–H and O–H groups in total. The Hall–Kier alpha value is -13.1. The van der Waals surface area contributed by atoms with E-state index in [0.29, 0.717) is 135 Å². The summed E-state index contributed by atoms with van der Waals surface area (Å²) in [5, 5.41) is 17.9. The third-order valence-electron chi connectivity index (χ3n) is 16.7. The van der Waals surface area contributed by atoms with Crippen LogP contribution in [-0.4, -0.2) is 110 Å². The van der Waals surface area contributed by atoms with Crippen molar-refractivity contribution in [3.05, 3.63) is 300 Å². The van der Waals surface area contributed by atoms with Crippen molar-refractivity contribution < 1.29 is 91.1 Å². The first-order valence-corrected chi connectivity index (χ1v) is 41.5. The summed E-state index contributed by atoms with van der Waals surface area (Å²) < 4.78 is 59.0. The molecule has 2 aliphatic rings. The summed E-state index contributed by atoms with van der Waals surface area (Å²) in [6.07, 6.45) is 9.69. The number of hydrogen-bond donors (Lipinski definition) is 5. The van der Waals surface area contributed by atoms with Gasteiger partial charge in [0.05, 0.1) is 110 Å². The highest BCUT2D eigenvalue weighted by Crippen LogP contribution is 2.38. The van der Waals surface area contributed by atoms with Gasteiger partial charge in [-0.25, -0.2) is 14.4 Å². The van der Waals surface area contributed by atoms with Gasteiger partial charge in [-0.05, 0) is 144 Å². The SMILES string of the molecule is C=c1[nH]c(=O)/c(=C/c2ccc(OC(C)=O)c(OCC)c2)s1.C=c1[nH]c(=O)/c(=C/c2cccc(OC)c2OCc2ccc(C(=O)O)cc2)s1.C=c1[nH]c(=O)/c(=C/c2cccc(OC)c2OCc2ccc(C(=O)OC)cc2)s1.CCC(=O)Oc1ccc(/C=C2/SC(=S)CC2=O)cc1OC.O=C1CC(=S)S/C1=C/c1ccccc1OCc1ccc(C(=O)O)cc1. The van der Waals surface area contributed by atoms with Gasteiger partial charge in [-0.1, -0.05) is 166 Å². The first-order chi connectivity index (χ1) is 58.5. The summed E-state index contributed by atoms with van der Waals surface area (Å²) in [7, 11) is 5.94. The highest BCUT2D eigenvalue weighted by atomic mass is 32.2. The predicted molar refractivity (Wildman–Crippen MR) is 483 cm³/mol. The van der Waals surface area contributed by atoms with Gasteiger partial charge in [0.2, 0.25) is 0 Å². The van der Waals surface area contributed by atoms with Gasteiger partial charge < -0.3 is 72.5 Å². The Morgan fingerprint density at radius 3 is 1.24 bits per heavy atom. The number of carboxylic acid groups (broad SMARTS) is 2. The maximum atomic E-state index is 12.0. The number of Topliss-reactive ketones (excluding diaryl/α,β-unsaturated/α-hetero) is 2. The Bertz CT molecular complexity index is 6360. The van der Waals surface area contributed by atoms with Crippen LogP contribution in [0.5, 0.6) is 51.7 Å². The van der Waals surface area contributed by atoms with Crippen molar-refractivity contribution in [2.75, 3.05) is 35.0 Å².